The summed E-state index contributed by atoms with van der Waals surface area (Å²) >= 11 is 24.1. The maximum absolute atomic E-state index is 9.67. The fourth-order valence-electron chi connectivity index (χ4n) is 2.15. The van der Waals surface area contributed by atoms with Crippen LogP contribution < -0.4 is 0 Å². The largest absolute Gasteiger partial charge is 0.390 e. The van der Waals surface area contributed by atoms with Gasteiger partial charge < -0.3 is 5.11 Å². The molecule has 0 spiro atoms. The highest BCUT2D eigenvalue weighted by Gasteiger charge is 2.16. The zero-order valence-electron chi connectivity index (χ0n) is 10.4. The van der Waals surface area contributed by atoms with E-state index in [4.69, 9.17) is 46.4 Å². The minimum absolute atomic E-state index is 0.215. The zero-order chi connectivity index (χ0) is 15.1. The maximum Gasteiger partial charge on any atom is 0.156 e. The number of hydrogen-bond donors (Lipinski definition) is 1. The van der Waals surface area contributed by atoms with Crippen molar-refractivity contribution in [3.05, 3.63) is 56.2 Å². The highest BCUT2D eigenvalue weighted by atomic mass is 35.5. The van der Waals surface area contributed by atoms with Crippen LogP contribution in [0.3, 0.4) is 0 Å². The van der Waals surface area contributed by atoms with Gasteiger partial charge in [0.2, 0.25) is 0 Å². The lowest BCUT2D eigenvalue weighted by Gasteiger charge is -2.04. The molecule has 2 aromatic heterocycles. The Labute approximate surface area is 140 Å². The van der Waals surface area contributed by atoms with Gasteiger partial charge in [-0.3, -0.25) is 4.40 Å². The summed E-state index contributed by atoms with van der Waals surface area (Å²) in [5.74, 6) is 0. The standard InChI is InChI=1S/C14H8Cl4N2O/c15-8-4-11(18)14-19-13(12(6-21)20(14)5-8)7-1-2-9(16)10(17)3-7/h1-5,21H,6H2. The molecule has 0 aliphatic heterocycles. The number of hydrogen-bond acceptors (Lipinski definition) is 2. The quantitative estimate of drug-likeness (QED) is 0.688. The van der Waals surface area contributed by atoms with Crippen molar-refractivity contribution in [2.24, 2.45) is 0 Å². The second-order valence-electron chi connectivity index (χ2n) is 4.39. The maximum atomic E-state index is 9.67. The summed E-state index contributed by atoms with van der Waals surface area (Å²) in [4.78, 5) is 4.48. The summed E-state index contributed by atoms with van der Waals surface area (Å²) in [6.07, 6.45) is 1.66. The van der Waals surface area contributed by atoms with E-state index >= 15 is 0 Å². The van der Waals surface area contributed by atoms with Crippen molar-refractivity contribution in [2.45, 2.75) is 6.61 Å². The second-order valence-corrected chi connectivity index (χ2v) is 6.05. The molecule has 0 amide bonds. The van der Waals surface area contributed by atoms with Crippen LogP contribution in [0.15, 0.2) is 30.5 Å². The van der Waals surface area contributed by atoms with Gasteiger partial charge in [-0.2, -0.15) is 0 Å². The third-order valence-corrected chi connectivity index (χ3v) is 4.31. The van der Waals surface area contributed by atoms with Crippen molar-refractivity contribution in [2.75, 3.05) is 0 Å². The third-order valence-electron chi connectivity index (χ3n) is 3.08. The molecule has 3 aromatic rings. The average molecular weight is 362 g/mol. The Morgan fingerprint density at radius 3 is 2.43 bits per heavy atom. The van der Waals surface area contributed by atoms with Crippen LogP contribution in [-0.2, 0) is 6.61 Å². The number of aliphatic hydroxyl groups is 1. The number of aliphatic hydroxyl groups excluding tert-OH is 1. The minimum Gasteiger partial charge on any atom is -0.390 e. The Kier molecular flexibility index (Phi) is 4.04. The van der Waals surface area contributed by atoms with Gasteiger partial charge >= 0.3 is 0 Å². The van der Waals surface area contributed by atoms with Gasteiger partial charge in [0.1, 0.15) is 0 Å². The summed E-state index contributed by atoms with van der Waals surface area (Å²) in [5.41, 5.74) is 2.42. The smallest absolute Gasteiger partial charge is 0.156 e. The van der Waals surface area contributed by atoms with E-state index in [0.717, 1.165) is 5.56 Å². The van der Waals surface area contributed by atoms with Gasteiger partial charge in [-0.1, -0.05) is 52.5 Å². The summed E-state index contributed by atoms with van der Waals surface area (Å²) in [6.45, 7) is -0.215. The van der Waals surface area contributed by atoms with E-state index in [0.29, 0.717) is 37.1 Å². The Balaban J connectivity index is 2.31. The van der Waals surface area contributed by atoms with Crippen molar-refractivity contribution in [3.8, 4) is 11.3 Å². The molecule has 0 fully saturated rings. The summed E-state index contributed by atoms with van der Waals surface area (Å²) in [7, 11) is 0. The first kappa shape index (κ1) is 14.9. The normalized spacial score (nSPS) is 11.3. The van der Waals surface area contributed by atoms with E-state index in [9.17, 15) is 5.11 Å². The van der Waals surface area contributed by atoms with Crippen molar-refractivity contribution >= 4 is 52.1 Å². The second kappa shape index (κ2) is 5.67. The number of halogens is 4. The monoisotopic (exact) mass is 360 g/mol. The number of benzene rings is 1. The predicted molar refractivity (Wildman–Crippen MR) is 86.6 cm³/mol. The Hall–Kier alpha value is -0.970. The van der Waals surface area contributed by atoms with E-state index in [1.54, 1.807) is 34.9 Å². The molecule has 3 rings (SSSR count). The van der Waals surface area contributed by atoms with Crippen molar-refractivity contribution < 1.29 is 5.11 Å². The van der Waals surface area contributed by atoms with Crippen LogP contribution in [0.1, 0.15) is 5.69 Å². The van der Waals surface area contributed by atoms with E-state index in [1.165, 1.54) is 0 Å². The Bertz CT molecular complexity index is 845. The molecular formula is C14H8Cl4N2O. The number of rotatable bonds is 2. The first-order valence-corrected chi connectivity index (χ1v) is 7.44. The molecule has 0 saturated heterocycles. The lowest BCUT2D eigenvalue weighted by Crippen LogP contribution is -1.94. The van der Waals surface area contributed by atoms with E-state index in [2.05, 4.69) is 4.98 Å². The average Bonchev–Trinajstić information content (AvgIpc) is 2.80. The summed E-state index contributed by atoms with van der Waals surface area (Å²) in [5, 5.41) is 11.4. The molecule has 7 heteroatoms. The van der Waals surface area contributed by atoms with Gasteiger partial charge in [-0.05, 0) is 18.2 Å². The van der Waals surface area contributed by atoms with Crippen LogP contribution in [-0.4, -0.2) is 14.5 Å². The Morgan fingerprint density at radius 2 is 1.76 bits per heavy atom. The van der Waals surface area contributed by atoms with E-state index in [1.807, 2.05) is 0 Å². The molecule has 3 nitrogen and oxygen atoms in total. The molecular weight excluding hydrogens is 354 g/mol. The fourth-order valence-corrected chi connectivity index (χ4v) is 2.96. The molecule has 108 valence electrons. The van der Waals surface area contributed by atoms with Crippen molar-refractivity contribution in [3.63, 3.8) is 0 Å². The lowest BCUT2D eigenvalue weighted by atomic mass is 10.1. The van der Waals surface area contributed by atoms with Crippen molar-refractivity contribution in [1.29, 1.82) is 0 Å². The predicted octanol–water partition coefficient (Wildman–Crippen LogP) is 5.11. The molecule has 0 radical (unpaired) electrons. The molecule has 0 saturated carbocycles. The molecule has 0 aliphatic rings. The lowest BCUT2D eigenvalue weighted by molar-refractivity contribution is 0.276. The van der Waals surface area contributed by atoms with Crippen LogP contribution in [0.4, 0.5) is 0 Å². The molecule has 0 bridgehead atoms. The van der Waals surface area contributed by atoms with Crippen LogP contribution in [0, 0.1) is 0 Å². The summed E-state index contributed by atoms with van der Waals surface area (Å²) < 4.78 is 1.67. The number of nitrogens with zero attached hydrogens (tertiary/aromatic N) is 2. The van der Waals surface area contributed by atoms with Crippen LogP contribution in [0.5, 0.6) is 0 Å². The molecule has 0 atom stereocenters. The molecule has 0 unspecified atom stereocenters. The third kappa shape index (κ3) is 2.60. The Morgan fingerprint density at radius 1 is 1.00 bits per heavy atom. The highest BCUT2D eigenvalue weighted by Crippen LogP contribution is 2.32. The first-order valence-electron chi connectivity index (χ1n) is 5.93. The number of imidazole rings is 1. The number of aromatic nitrogens is 2. The SMILES string of the molecule is OCc1c(-c2ccc(Cl)c(Cl)c2)nc2c(Cl)cc(Cl)cn12. The number of fused-ring (bicyclic) bond motifs is 1. The van der Waals surface area contributed by atoms with Crippen LogP contribution >= 0.6 is 46.4 Å². The topological polar surface area (TPSA) is 37.5 Å². The molecule has 21 heavy (non-hydrogen) atoms. The minimum atomic E-state index is -0.215. The first-order chi connectivity index (χ1) is 10.0. The molecule has 1 aromatic carbocycles. The van der Waals surface area contributed by atoms with Gasteiger partial charge in [0, 0.05) is 11.8 Å². The van der Waals surface area contributed by atoms with Gasteiger partial charge in [0.15, 0.2) is 5.65 Å². The molecule has 0 aliphatic carbocycles. The fraction of sp³-hybridized carbons (Fsp3) is 0.0714. The molecule has 1 N–H and O–H groups in total. The zero-order valence-corrected chi connectivity index (χ0v) is 13.5. The van der Waals surface area contributed by atoms with Crippen LogP contribution in [0.2, 0.25) is 20.1 Å². The van der Waals surface area contributed by atoms with E-state index < -0.39 is 0 Å². The van der Waals surface area contributed by atoms with E-state index in [-0.39, 0.29) is 6.61 Å². The number of pyridine rings is 1. The van der Waals surface area contributed by atoms with Gasteiger partial charge in [0.05, 0.1) is 38.1 Å². The van der Waals surface area contributed by atoms with Crippen LogP contribution in [0.25, 0.3) is 16.9 Å². The van der Waals surface area contributed by atoms with Gasteiger partial charge in [0.25, 0.3) is 0 Å². The van der Waals surface area contributed by atoms with Gasteiger partial charge in [-0.15, -0.1) is 0 Å². The van der Waals surface area contributed by atoms with Crippen molar-refractivity contribution in [1.82, 2.24) is 9.38 Å². The highest BCUT2D eigenvalue weighted by molar-refractivity contribution is 6.42. The van der Waals surface area contributed by atoms with Gasteiger partial charge in [-0.25, -0.2) is 4.98 Å². The summed E-state index contributed by atoms with van der Waals surface area (Å²) in [6, 6.07) is 6.76. The molecule has 2 heterocycles.